The van der Waals surface area contributed by atoms with Gasteiger partial charge >= 0.3 is 0 Å². The van der Waals surface area contributed by atoms with Gasteiger partial charge in [0.15, 0.2) is 0 Å². The predicted molar refractivity (Wildman–Crippen MR) is 119 cm³/mol. The number of fused-ring (bicyclic) bond motifs is 1. The summed E-state index contributed by atoms with van der Waals surface area (Å²) in [5.74, 6) is 3.31. The maximum Gasteiger partial charge on any atom is 0.122 e. The van der Waals surface area contributed by atoms with E-state index in [4.69, 9.17) is 18.9 Å². The lowest BCUT2D eigenvalue weighted by molar-refractivity contribution is 0.217. The van der Waals surface area contributed by atoms with Crippen LogP contribution in [-0.4, -0.2) is 26.4 Å². The second-order valence-electron chi connectivity index (χ2n) is 6.69. The van der Waals surface area contributed by atoms with Crippen LogP contribution in [0.1, 0.15) is 0 Å². The quantitative estimate of drug-likeness (QED) is 0.317. The van der Waals surface area contributed by atoms with E-state index in [1.807, 2.05) is 97.1 Å². The van der Waals surface area contributed by atoms with Crippen molar-refractivity contribution in [3.63, 3.8) is 0 Å². The van der Waals surface area contributed by atoms with E-state index in [1.54, 1.807) is 0 Å². The second kappa shape index (κ2) is 10.2. The minimum Gasteiger partial charge on any atom is -0.490 e. The normalized spacial score (nSPS) is 10.5. The zero-order chi connectivity index (χ0) is 20.4. The Morgan fingerprint density at radius 2 is 0.767 bits per heavy atom. The maximum atomic E-state index is 5.84. The van der Waals surface area contributed by atoms with Crippen molar-refractivity contribution in [3.8, 4) is 23.0 Å². The van der Waals surface area contributed by atoms with Crippen LogP contribution in [0.4, 0.5) is 0 Å². The molecule has 0 fully saturated rings. The van der Waals surface area contributed by atoms with Gasteiger partial charge in [0.25, 0.3) is 0 Å². The Hall–Kier alpha value is -3.66. The molecule has 4 nitrogen and oxygen atoms in total. The highest BCUT2D eigenvalue weighted by molar-refractivity contribution is 5.85. The summed E-state index contributed by atoms with van der Waals surface area (Å²) in [6, 6.07) is 31.5. The van der Waals surface area contributed by atoms with Crippen molar-refractivity contribution < 1.29 is 18.9 Å². The van der Waals surface area contributed by atoms with E-state index in [2.05, 4.69) is 0 Å². The van der Waals surface area contributed by atoms with Gasteiger partial charge in [0.05, 0.1) is 0 Å². The topological polar surface area (TPSA) is 36.9 Å². The molecule has 0 saturated heterocycles. The number of rotatable bonds is 10. The first-order valence-corrected chi connectivity index (χ1v) is 10.0. The predicted octanol–water partition coefficient (Wildman–Crippen LogP) is 5.76. The van der Waals surface area contributed by atoms with Crippen molar-refractivity contribution in [2.45, 2.75) is 0 Å². The Morgan fingerprint density at radius 1 is 0.367 bits per heavy atom. The zero-order valence-electron chi connectivity index (χ0n) is 16.7. The third kappa shape index (κ3) is 5.67. The lowest BCUT2D eigenvalue weighted by Gasteiger charge is -2.11. The fourth-order valence-electron chi connectivity index (χ4n) is 3.05. The highest BCUT2D eigenvalue weighted by atomic mass is 16.5. The van der Waals surface area contributed by atoms with E-state index in [-0.39, 0.29) is 0 Å². The van der Waals surface area contributed by atoms with Gasteiger partial charge in [-0.15, -0.1) is 0 Å². The number of ether oxygens (including phenoxy) is 4. The van der Waals surface area contributed by atoms with Crippen LogP contribution in [0.25, 0.3) is 10.8 Å². The van der Waals surface area contributed by atoms with Crippen molar-refractivity contribution >= 4 is 10.8 Å². The first-order chi connectivity index (χ1) is 14.9. The fourth-order valence-corrected chi connectivity index (χ4v) is 3.05. The van der Waals surface area contributed by atoms with Gasteiger partial charge in [0.1, 0.15) is 49.4 Å². The Morgan fingerprint density at radius 3 is 1.20 bits per heavy atom. The Bertz CT molecular complexity index is 966. The minimum absolute atomic E-state index is 0.480. The van der Waals surface area contributed by atoms with Crippen LogP contribution >= 0.6 is 0 Å². The highest BCUT2D eigenvalue weighted by Crippen LogP contribution is 2.25. The average Bonchev–Trinajstić information content (AvgIpc) is 2.81. The molecule has 0 aliphatic heterocycles. The Labute approximate surface area is 176 Å². The molecule has 0 N–H and O–H groups in total. The van der Waals surface area contributed by atoms with Gasteiger partial charge < -0.3 is 18.9 Å². The molecule has 0 heterocycles. The van der Waals surface area contributed by atoms with Crippen LogP contribution in [-0.2, 0) is 0 Å². The third-order valence-corrected chi connectivity index (χ3v) is 4.51. The minimum atomic E-state index is 0.480. The van der Waals surface area contributed by atoms with Gasteiger partial charge in [-0.05, 0) is 59.3 Å². The van der Waals surface area contributed by atoms with Crippen LogP contribution in [0.3, 0.4) is 0 Å². The van der Waals surface area contributed by atoms with Gasteiger partial charge in [-0.2, -0.15) is 0 Å². The molecule has 0 saturated carbocycles. The summed E-state index contributed by atoms with van der Waals surface area (Å²) in [6.45, 7) is 1.94. The zero-order valence-corrected chi connectivity index (χ0v) is 16.7. The van der Waals surface area contributed by atoms with Gasteiger partial charge in [-0.3, -0.25) is 0 Å². The van der Waals surface area contributed by atoms with Gasteiger partial charge in [0.2, 0.25) is 0 Å². The molecular weight excluding hydrogens is 376 g/mol. The van der Waals surface area contributed by atoms with Crippen molar-refractivity contribution in [2.75, 3.05) is 26.4 Å². The highest BCUT2D eigenvalue weighted by Gasteiger charge is 2.02. The fraction of sp³-hybridized carbons (Fsp3) is 0.154. The molecule has 0 aliphatic rings. The number of benzene rings is 4. The maximum absolute atomic E-state index is 5.84. The summed E-state index contributed by atoms with van der Waals surface area (Å²) in [5, 5.41) is 2.20. The molecule has 0 radical (unpaired) electrons. The molecule has 4 heteroatoms. The van der Waals surface area contributed by atoms with Crippen molar-refractivity contribution in [1.82, 2.24) is 0 Å². The molecule has 0 aliphatic carbocycles. The van der Waals surface area contributed by atoms with Crippen LogP contribution in [0.5, 0.6) is 23.0 Å². The molecule has 0 amide bonds. The summed E-state index contributed by atoms with van der Waals surface area (Å²) in [6.07, 6.45) is 0. The van der Waals surface area contributed by atoms with E-state index < -0.39 is 0 Å². The number of hydrogen-bond acceptors (Lipinski definition) is 4. The lowest BCUT2D eigenvalue weighted by Crippen LogP contribution is -2.09. The van der Waals surface area contributed by atoms with E-state index in [0.717, 1.165) is 33.8 Å². The molecule has 0 bridgehead atoms. The molecule has 0 aromatic heterocycles. The molecule has 4 aromatic carbocycles. The summed E-state index contributed by atoms with van der Waals surface area (Å²) in [7, 11) is 0. The smallest absolute Gasteiger partial charge is 0.122 e. The third-order valence-electron chi connectivity index (χ3n) is 4.51. The van der Waals surface area contributed by atoms with Crippen LogP contribution < -0.4 is 18.9 Å². The van der Waals surface area contributed by atoms with E-state index in [9.17, 15) is 0 Å². The molecule has 4 aromatic rings. The van der Waals surface area contributed by atoms with E-state index in [1.165, 1.54) is 0 Å². The lowest BCUT2D eigenvalue weighted by atomic mass is 10.1. The molecule has 0 atom stereocenters. The Balaban J connectivity index is 1.27. The molecule has 152 valence electrons. The number of para-hydroxylation sites is 2. The molecule has 30 heavy (non-hydrogen) atoms. The largest absolute Gasteiger partial charge is 0.490 e. The second-order valence-corrected chi connectivity index (χ2v) is 6.69. The molecular formula is C26H24O4. The van der Waals surface area contributed by atoms with Gasteiger partial charge in [-0.25, -0.2) is 0 Å². The summed E-state index contributed by atoms with van der Waals surface area (Å²) in [5.41, 5.74) is 0. The van der Waals surface area contributed by atoms with Crippen LogP contribution in [0.2, 0.25) is 0 Å². The van der Waals surface area contributed by atoms with E-state index >= 15 is 0 Å². The van der Waals surface area contributed by atoms with Crippen molar-refractivity contribution in [1.29, 1.82) is 0 Å². The first-order valence-electron chi connectivity index (χ1n) is 10.0. The van der Waals surface area contributed by atoms with E-state index in [0.29, 0.717) is 26.4 Å². The monoisotopic (exact) mass is 400 g/mol. The van der Waals surface area contributed by atoms with Crippen molar-refractivity contribution in [2.24, 2.45) is 0 Å². The molecule has 0 spiro atoms. The molecule has 4 rings (SSSR count). The summed E-state index contributed by atoms with van der Waals surface area (Å²) < 4.78 is 23.0. The Kier molecular flexibility index (Phi) is 6.69. The van der Waals surface area contributed by atoms with Crippen molar-refractivity contribution in [3.05, 3.63) is 97.1 Å². The average molecular weight is 400 g/mol. The van der Waals surface area contributed by atoms with Gasteiger partial charge in [0, 0.05) is 0 Å². The SMILES string of the molecule is c1ccc(OCCOc2ccc3ccc(OCCOc4ccccc4)cc3c2)cc1. The first kappa shape index (κ1) is 19.6. The van der Waals surface area contributed by atoms with Crippen LogP contribution in [0.15, 0.2) is 97.1 Å². The number of hydrogen-bond donors (Lipinski definition) is 0. The summed E-state index contributed by atoms with van der Waals surface area (Å²) >= 11 is 0. The van der Waals surface area contributed by atoms with Gasteiger partial charge in [-0.1, -0.05) is 48.5 Å². The summed E-state index contributed by atoms with van der Waals surface area (Å²) in [4.78, 5) is 0. The molecule has 0 unspecified atom stereocenters. The van der Waals surface area contributed by atoms with Crippen LogP contribution in [0, 0.1) is 0 Å². The standard InChI is InChI=1S/C26H24O4/c1-3-7-23(8-4-1)27-15-17-29-25-13-11-21-12-14-26(20-22(21)19-25)30-18-16-28-24-9-5-2-6-10-24/h1-14,19-20H,15-18H2.